The third-order valence-corrected chi connectivity index (χ3v) is 2.00. The molecule has 16 heavy (non-hydrogen) atoms. The van der Waals surface area contributed by atoms with Crippen LogP contribution >= 0.6 is 11.6 Å². The second-order valence-corrected chi connectivity index (χ2v) is 3.46. The molecular formula is C12H11ClO3. The number of ether oxygens (including phenoxy) is 1. The molecule has 0 aliphatic carbocycles. The second-order valence-electron chi connectivity index (χ2n) is 3.02. The maximum atomic E-state index is 11.0. The lowest BCUT2D eigenvalue weighted by Crippen LogP contribution is -1.98. The number of benzene rings is 1. The van der Waals surface area contributed by atoms with Gasteiger partial charge in [0, 0.05) is 16.7 Å². The van der Waals surface area contributed by atoms with Crippen molar-refractivity contribution in [2.45, 2.75) is 6.92 Å². The molecule has 1 aromatic carbocycles. The van der Waals surface area contributed by atoms with E-state index in [4.69, 9.17) is 16.3 Å². The molecule has 84 valence electrons. The maximum Gasteiger partial charge on any atom is 0.330 e. The van der Waals surface area contributed by atoms with Gasteiger partial charge in [0.25, 0.3) is 0 Å². The van der Waals surface area contributed by atoms with Crippen molar-refractivity contribution in [3.8, 4) is 0 Å². The van der Waals surface area contributed by atoms with Crippen LogP contribution in [0.3, 0.4) is 0 Å². The highest BCUT2D eigenvalue weighted by molar-refractivity contribution is 6.31. The van der Waals surface area contributed by atoms with Crippen LogP contribution in [0.25, 0.3) is 6.08 Å². The average Bonchev–Trinajstić information content (AvgIpc) is 2.26. The Labute approximate surface area is 98.7 Å². The van der Waals surface area contributed by atoms with Crippen molar-refractivity contribution >= 4 is 29.9 Å². The van der Waals surface area contributed by atoms with E-state index < -0.39 is 5.97 Å². The Morgan fingerprint density at radius 2 is 2.06 bits per heavy atom. The lowest BCUT2D eigenvalue weighted by atomic mass is 10.1. The summed E-state index contributed by atoms with van der Waals surface area (Å²) >= 11 is 5.80. The van der Waals surface area contributed by atoms with Gasteiger partial charge in [-0.3, -0.25) is 4.79 Å². The van der Waals surface area contributed by atoms with E-state index in [-0.39, 0.29) is 0 Å². The first-order valence-electron chi connectivity index (χ1n) is 4.76. The van der Waals surface area contributed by atoms with Gasteiger partial charge in [0.05, 0.1) is 6.61 Å². The molecular weight excluding hydrogens is 228 g/mol. The van der Waals surface area contributed by atoms with Crippen molar-refractivity contribution in [1.29, 1.82) is 0 Å². The van der Waals surface area contributed by atoms with Gasteiger partial charge in [0.15, 0.2) is 0 Å². The first-order chi connectivity index (χ1) is 7.65. The summed E-state index contributed by atoms with van der Waals surface area (Å²) in [4.78, 5) is 21.6. The van der Waals surface area contributed by atoms with Crippen molar-refractivity contribution < 1.29 is 14.3 Å². The molecule has 0 saturated heterocycles. The fourth-order valence-electron chi connectivity index (χ4n) is 1.15. The number of esters is 1. The molecule has 1 rings (SSSR count). The topological polar surface area (TPSA) is 43.4 Å². The number of carbonyl (C=O) groups is 2. The van der Waals surface area contributed by atoms with Gasteiger partial charge in [0.1, 0.15) is 6.29 Å². The van der Waals surface area contributed by atoms with Gasteiger partial charge >= 0.3 is 5.97 Å². The summed E-state index contributed by atoms with van der Waals surface area (Å²) in [5.41, 5.74) is 1.15. The van der Waals surface area contributed by atoms with Gasteiger partial charge in [-0.25, -0.2) is 4.79 Å². The summed E-state index contributed by atoms with van der Waals surface area (Å²) in [5.74, 6) is -0.421. The molecule has 0 unspecified atom stereocenters. The van der Waals surface area contributed by atoms with E-state index in [0.717, 1.165) is 0 Å². The third-order valence-electron chi connectivity index (χ3n) is 1.78. The minimum absolute atomic E-state index is 0.332. The van der Waals surface area contributed by atoms with Gasteiger partial charge in [0.2, 0.25) is 0 Å². The van der Waals surface area contributed by atoms with Gasteiger partial charge < -0.3 is 4.74 Å². The fourth-order valence-corrected chi connectivity index (χ4v) is 1.41. The standard InChI is InChI=1S/C12H11ClO3/c1-2-16-12(15)4-3-9-5-10(8-14)7-11(13)6-9/h3-8H,2H2,1H3. The fraction of sp³-hybridized carbons (Fsp3) is 0.167. The van der Waals surface area contributed by atoms with Crippen LogP contribution in [-0.2, 0) is 9.53 Å². The van der Waals surface area contributed by atoms with Gasteiger partial charge in [-0.15, -0.1) is 0 Å². The number of halogens is 1. The van der Waals surface area contributed by atoms with E-state index in [2.05, 4.69) is 0 Å². The Bertz CT molecular complexity index is 424. The summed E-state index contributed by atoms with van der Waals surface area (Å²) in [6.45, 7) is 2.06. The predicted octanol–water partition coefficient (Wildman–Crippen LogP) is 2.73. The smallest absolute Gasteiger partial charge is 0.330 e. The Hall–Kier alpha value is -1.61. The van der Waals surface area contributed by atoms with Gasteiger partial charge in [-0.1, -0.05) is 11.6 Å². The summed E-state index contributed by atoms with van der Waals surface area (Å²) < 4.78 is 4.72. The Morgan fingerprint density at radius 1 is 1.38 bits per heavy atom. The molecule has 0 aliphatic heterocycles. The Kier molecular flexibility index (Phi) is 4.73. The van der Waals surface area contributed by atoms with Crippen LogP contribution in [-0.4, -0.2) is 18.9 Å². The SMILES string of the molecule is CCOC(=O)C=Cc1cc(Cl)cc(C=O)c1. The molecule has 0 heterocycles. The van der Waals surface area contributed by atoms with Crippen LogP contribution in [0, 0.1) is 0 Å². The third kappa shape index (κ3) is 3.87. The first-order valence-corrected chi connectivity index (χ1v) is 5.14. The summed E-state index contributed by atoms with van der Waals surface area (Å²) in [7, 11) is 0. The molecule has 0 aliphatic rings. The van der Waals surface area contributed by atoms with Crippen molar-refractivity contribution in [2.75, 3.05) is 6.61 Å². The number of rotatable bonds is 4. The number of hydrogen-bond acceptors (Lipinski definition) is 3. The molecule has 0 spiro atoms. The van der Waals surface area contributed by atoms with E-state index >= 15 is 0 Å². The van der Waals surface area contributed by atoms with Crippen LogP contribution in [0.5, 0.6) is 0 Å². The number of aldehydes is 1. The zero-order valence-corrected chi connectivity index (χ0v) is 9.53. The average molecular weight is 239 g/mol. The molecule has 0 bridgehead atoms. The predicted molar refractivity (Wildman–Crippen MR) is 62.5 cm³/mol. The molecule has 3 nitrogen and oxygen atoms in total. The maximum absolute atomic E-state index is 11.0. The molecule has 0 radical (unpaired) electrons. The van der Waals surface area contributed by atoms with E-state index in [0.29, 0.717) is 29.0 Å². The summed E-state index contributed by atoms with van der Waals surface area (Å²) in [5, 5.41) is 0.452. The summed E-state index contributed by atoms with van der Waals surface area (Å²) in [6.07, 6.45) is 3.55. The van der Waals surface area contributed by atoms with Crippen LogP contribution in [0.4, 0.5) is 0 Å². The highest BCUT2D eigenvalue weighted by atomic mass is 35.5. The first kappa shape index (κ1) is 12.5. The second kappa shape index (κ2) is 6.08. The minimum Gasteiger partial charge on any atom is -0.463 e. The largest absolute Gasteiger partial charge is 0.463 e. The lowest BCUT2D eigenvalue weighted by Gasteiger charge is -1.98. The zero-order valence-electron chi connectivity index (χ0n) is 8.77. The molecule has 0 atom stereocenters. The van der Waals surface area contributed by atoms with Crippen molar-refractivity contribution in [3.63, 3.8) is 0 Å². The normalized spacial score (nSPS) is 10.4. The molecule has 1 aromatic rings. The van der Waals surface area contributed by atoms with E-state index in [1.165, 1.54) is 6.08 Å². The Balaban J connectivity index is 2.84. The van der Waals surface area contributed by atoms with E-state index in [1.54, 1.807) is 31.2 Å². The monoisotopic (exact) mass is 238 g/mol. The van der Waals surface area contributed by atoms with Crippen LogP contribution < -0.4 is 0 Å². The van der Waals surface area contributed by atoms with Crippen molar-refractivity contribution in [2.24, 2.45) is 0 Å². The van der Waals surface area contributed by atoms with Crippen LogP contribution in [0.15, 0.2) is 24.3 Å². The zero-order chi connectivity index (χ0) is 12.0. The quantitative estimate of drug-likeness (QED) is 0.460. The minimum atomic E-state index is -0.421. The van der Waals surface area contributed by atoms with Crippen molar-refractivity contribution in [1.82, 2.24) is 0 Å². The van der Waals surface area contributed by atoms with Gasteiger partial charge in [-0.05, 0) is 36.8 Å². The molecule has 0 aromatic heterocycles. The molecule has 0 saturated carbocycles. The highest BCUT2D eigenvalue weighted by Crippen LogP contribution is 2.15. The molecule has 0 N–H and O–H groups in total. The molecule has 0 amide bonds. The van der Waals surface area contributed by atoms with Crippen LogP contribution in [0.1, 0.15) is 22.8 Å². The Morgan fingerprint density at radius 3 is 2.69 bits per heavy atom. The highest BCUT2D eigenvalue weighted by Gasteiger charge is 1.98. The van der Waals surface area contributed by atoms with E-state index in [1.807, 2.05) is 0 Å². The number of carbonyl (C=O) groups excluding carboxylic acids is 2. The van der Waals surface area contributed by atoms with Crippen LogP contribution in [0.2, 0.25) is 5.02 Å². The molecule has 0 fully saturated rings. The van der Waals surface area contributed by atoms with Gasteiger partial charge in [-0.2, -0.15) is 0 Å². The lowest BCUT2D eigenvalue weighted by molar-refractivity contribution is -0.137. The van der Waals surface area contributed by atoms with E-state index in [9.17, 15) is 9.59 Å². The summed E-state index contributed by atoms with van der Waals surface area (Å²) in [6, 6.07) is 4.84. The number of hydrogen-bond donors (Lipinski definition) is 0. The molecule has 4 heteroatoms. The van der Waals surface area contributed by atoms with Crippen molar-refractivity contribution in [3.05, 3.63) is 40.4 Å².